The summed E-state index contributed by atoms with van der Waals surface area (Å²) in [5.74, 6) is 0.919. The first-order valence-corrected chi connectivity index (χ1v) is 7.70. The number of aliphatic carboxylic acids is 1. The van der Waals surface area contributed by atoms with Crippen LogP contribution in [0.25, 0.3) is 22.0 Å². The average Bonchev–Trinajstić information content (AvgIpc) is 3.06. The van der Waals surface area contributed by atoms with Crippen molar-refractivity contribution in [2.24, 2.45) is 0 Å². The summed E-state index contributed by atoms with van der Waals surface area (Å²) in [6, 6.07) is 9.39. The number of ether oxygens (including phenoxy) is 2. The third-order valence-corrected chi connectivity index (χ3v) is 4.03. The maximum absolute atomic E-state index is 11.1. The van der Waals surface area contributed by atoms with Crippen molar-refractivity contribution in [2.45, 2.75) is 0 Å². The zero-order valence-corrected chi connectivity index (χ0v) is 13.5. The molecule has 3 aromatic rings. The molecule has 4 rings (SSSR count). The predicted molar refractivity (Wildman–Crippen MR) is 92.0 cm³/mol. The first-order valence-electron chi connectivity index (χ1n) is 7.70. The van der Waals surface area contributed by atoms with Crippen molar-refractivity contribution in [3.8, 4) is 22.8 Å². The molecule has 0 unspecified atom stereocenters. The highest BCUT2D eigenvalue weighted by molar-refractivity contribution is 6.03. The molecule has 1 aliphatic heterocycles. The molecular weight excluding hydrogens is 322 g/mol. The van der Waals surface area contributed by atoms with Crippen LogP contribution < -0.4 is 14.4 Å². The number of carboxylic acids is 1. The second kappa shape index (κ2) is 5.94. The van der Waals surface area contributed by atoms with Gasteiger partial charge < -0.3 is 19.5 Å². The zero-order chi connectivity index (χ0) is 17.4. The molecule has 1 aliphatic rings. The molecule has 2 aromatic heterocycles. The van der Waals surface area contributed by atoms with Crippen LogP contribution >= 0.6 is 0 Å². The highest BCUT2D eigenvalue weighted by atomic mass is 16.7. The van der Waals surface area contributed by atoms with E-state index in [9.17, 15) is 4.79 Å². The fourth-order valence-electron chi connectivity index (χ4n) is 2.92. The molecule has 3 heterocycles. The van der Waals surface area contributed by atoms with Crippen molar-refractivity contribution < 1.29 is 19.4 Å². The maximum atomic E-state index is 11.1. The lowest BCUT2D eigenvalue weighted by atomic mass is 10.0. The summed E-state index contributed by atoms with van der Waals surface area (Å²) in [4.78, 5) is 21.5. The molecule has 0 amide bonds. The predicted octanol–water partition coefficient (Wildman–Crippen LogP) is 2.55. The Morgan fingerprint density at radius 1 is 1.20 bits per heavy atom. The van der Waals surface area contributed by atoms with Crippen LogP contribution in [0.5, 0.6) is 11.5 Å². The molecule has 126 valence electrons. The van der Waals surface area contributed by atoms with Crippen molar-refractivity contribution in [2.75, 3.05) is 25.3 Å². The minimum absolute atomic E-state index is 0.153. The smallest absolute Gasteiger partial charge is 0.323 e. The summed E-state index contributed by atoms with van der Waals surface area (Å²) >= 11 is 0. The van der Waals surface area contributed by atoms with Crippen LogP contribution in [0.3, 0.4) is 0 Å². The Labute approximate surface area is 143 Å². The van der Waals surface area contributed by atoms with Crippen molar-refractivity contribution >= 4 is 22.6 Å². The first-order chi connectivity index (χ1) is 12.1. The molecule has 0 spiro atoms. The Bertz CT molecular complexity index is 959. The number of likely N-dealkylation sites (N-methyl/N-ethyl adjacent to an activating group) is 1. The van der Waals surface area contributed by atoms with E-state index >= 15 is 0 Å². The quantitative estimate of drug-likeness (QED) is 0.783. The van der Waals surface area contributed by atoms with Crippen LogP contribution in [0, 0.1) is 0 Å². The van der Waals surface area contributed by atoms with Gasteiger partial charge in [-0.3, -0.25) is 9.78 Å². The normalized spacial score (nSPS) is 12.4. The highest BCUT2D eigenvalue weighted by Gasteiger charge is 2.20. The molecule has 0 aliphatic carbocycles. The second-order valence-electron chi connectivity index (χ2n) is 5.71. The number of hydrogen-bond donors (Lipinski definition) is 1. The standard InChI is InChI=1S/C18H15N3O4/c1-21(9-17(22)23)18-12-7-16-15(24-10-25-16)6-11(12)13(8-20-18)14-4-2-3-5-19-14/h2-8H,9-10H2,1H3,(H,22,23). The highest BCUT2D eigenvalue weighted by Crippen LogP contribution is 2.41. The average molecular weight is 337 g/mol. The van der Waals surface area contributed by atoms with Crippen LogP contribution in [0.15, 0.2) is 42.7 Å². The molecular formula is C18H15N3O4. The van der Waals surface area contributed by atoms with Crippen molar-refractivity contribution in [3.05, 3.63) is 42.7 Å². The van der Waals surface area contributed by atoms with E-state index in [1.165, 1.54) is 0 Å². The molecule has 0 fully saturated rings. The van der Waals surface area contributed by atoms with Crippen LogP contribution in [-0.2, 0) is 4.79 Å². The number of pyridine rings is 2. The zero-order valence-electron chi connectivity index (χ0n) is 13.5. The van der Waals surface area contributed by atoms with E-state index in [0.29, 0.717) is 17.3 Å². The number of rotatable bonds is 4. The maximum Gasteiger partial charge on any atom is 0.323 e. The summed E-state index contributed by atoms with van der Waals surface area (Å²) in [5, 5.41) is 10.7. The number of carbonyl (C=O) groups is 1. The molecule has 7 nitrogen and oxygen atoms in total. The molecule has 1 aromatic carbocycles. The van der Waals surface area contributed by atoms with E-state index in [-0.39, 0.29) is 13.3 Å². The van der Waals surface area contributed by atoms with Gasteiger partial charge in [0.15, 0.2) is 11.5 Å². The van der Waals surface area contributed by atoms with Gasteiger partial charge in [-0.1, -0.05) is 6.07 Å². The third-order valence-electron chi connectivity index (χ3n) is 4.03. The fourth-order valence-corrected chi connectivity index (χ4v) is 2.92. The van der Waals surface area contributed by atoms with Crippen LogP contribution in [0.4, 0.5) is 5.82 Å². The number of carboxylic acid groups (broad SMARTS) is 1. The van der Waals surface area contributed by atoms with Gasteiger partial charge in [-0.15, -0.1) is 0 Å². The van der Waals surface area contributed by atoms with Crippen molar-refractivity contribution in [1.29, 1.82) is 0 Å². The van der Waals surface area contributed by atoms with Gasteiger partial charge >= 0.3 is 5.97 Å². The topological polar surface area (TPSA) is 84.8 Å². The number of benzene rings is 1. The Morgan fingerprint density at radius 3 is 2.64 bits per heavy atom. The number of hydrogen-bond acceptors (Lipinski definition) is 6. The van der Waals surface area contributed by atoms with Crippen LogP contribution in [-0.4, -0.2) is 41.4 Å². The molecule has 0 bridgehead atoms. The number of aromatic nitrogens is 2. The largest absolute Gasteiger partial charge is 0.480 e. The van der Waals surface area contributed by atoms with E-state index in [4.69, 9.17) is 14.6 Å². The summed E-state index contributed by atoms with van der Waals surface area (Å²) in [6.07, 6.45) is 3.43. The fraction of sp³-hybridized carbons (Fsp3) is 0.167. The van der Waals surface area contributed by atoms with Crippen molar-refractivity contribution in [1.82, 2.24) is 9.97 Å². The molecule has 0 atom stereocenters. The van der Waals surface area contributed by atoms with Gasteiger partial charge in [0.1, 0.15) is 12.4 Å². The monoisotopic (exact) mass is 337 g/mol. The van der Waals surface area contributed by atoms with E-state index in [0.717, 1.165) is 22.0 Å². The number of nitrogens with zero attached hydrogens (tertiary/aromatic N) is 3. The van der Waals surface area contributed by atoms with Gasteiger partial charge in [-0.05, 0) is 24.3 Å². The van der Waals surface area contributed by atoms with Gasteiger partial charge in [-0.25, -0.2) is 4.98 Å². The SMILES string of the molecule is CN(CC(=O)O)c1ncc(-c2ccccn2)c2cc3c(cc12)OCO3. The summed E-state index contributed by atoms with van der Waals surface area (Å²) in [6.45, 7) is 0.0117. The van der Waals surface area contributed by atoms with Gasteiger partial charge in [0.25, 0.3) is 0 Å². The van der Waals surface area contributed by atoms with Crippen molar-refractivity contribution in [3.63, 3.8) is 0 Å². The summed E-state index contributed by atoms with van der Waals surface area (Å²) < 4.78 is 11.0. The lowest BCUT2D eigenvalue weighted by Crippen LogP contribution is -2.26. The Balaban J connectivity index is 1.96. The van der Waals surface area contributed by atoms with E-state index in [1.807, 2.05) is 30.3 Å². The molecule has 1 N–H and O–H groups in total. The van der Waals surface area contributed by atoms with Gasteiger partial charge in [0.2, 0.25) is 6.79 Å². The Morgan fingerprint density at radius 2 is 1.96 bits per heavy atom. The van der Waals surface area contributed by atoms with Crippen LogP contribution in [0.1, 0.15) is 0 Å². The molecule has 0 saturated heterocycles. The molecule has 0 radical (unpaired) electrons. The van der Waals surface area contributed by atoms with E-state index in [1.54, 1.807) is 24.3 Å². The lowest BCUT2D eigenvalue weighted by Gasteiger charge is -2.19. The molecule has 7 heteroatoms. The third kappa shape index (κ3) is 2.69. The van der Waals surface area contributed by atoms with Gasteiger partial charge in [0, 0.05) is 35.8 Å². The number of anilines is 1. The first kappa shape index (κ1) is 15.2. The van der Waals surface area contributed by atoms with Crippen LogP contribution in [0.2, 0.25) is 0 Å². The number of fused-ring (bicyclic) bond motifs is 2. The minimum atomic E-state index is -0.924. The molecule has 25 heavy (non-hydrogen) atoms. The van der Waals surface area contributed by atoms with E-state index in [2.05, 4.69) is 9.97 Å². The second-order valence-corrected chi connectivity index (χ2v) is 5.71. The Hall–Kier alpha value is -3.35. The molecule has 0 saturated carbocycles. The minimum Gasteiger partial charge on any atom is -0.480 e. The lowest BCUT2D eigenvalue weighted by molar-refractivity contribution is -0.135. The summed E-state index contributed by atoms with van der Waals surface area (Å²) in [7, 11) is 1.70. The van der Waals surface area contributed by atoms with E-state index < -0.39 is 5.97 Å². The Kier molecular flexibility index (Phi) is 3.61. The summed E-state index contributed by atoms with van der Waals surface area (Å²) in [5.41, 5.74) is 1.63. The van der Waals surface area contributed by atoms with Gasteiger partial charge in [-0.2, -0.15) is 0 Å². The van der Waals surface area contributed by atoms with Gasteiger partial charge in [0.05, 0.1) is 5.69 Å².